The topological polar surface area (TPSA) is 32.7 Å². The summed E-state index contributed by atoms with van der Waals surface area (Å²) in [5.41, 5.74) is 2.21. The summed E-state index contributed by atoms with van der Waals surface area (Å²) in [5.74, 6) is 0.753. The van der Waals surface area contributed by atoms with Crippen LogP contribution in [-0.2, 0) is 0 Å². The van der Waals surface area contributed by atoms with Gasteiger partial charge in [-0.05, 0) is 66.7 Å². The molecule has 0 spiro atoms. The summed E-state index contributed by atoms with van der Waals surface area (Å²) in [7, 11) is 1.91. The molecule has 0 aliphatic carbocycles. The molecule has 0 aliphatic rings. The molecule has 0 aliphatic heterocycles. The Morgan fingerprint density at radius 2 is 1.68 bits per heavy atom. The molecule has 0 atom stereocenters. The van der Waals surface area contributed by atoms with Gasteiger partial charge in [0.05, 0.1) is 0 Å². The highest BCUT2D eigenvalue weighted by molar-refractivity contribution is 7.80. The highest BCUT2D eigenvalue weighted by atomic mass is 32.1. The maximum Gasteiger partial charge on any atom is 0.269 e. The number of aliphatic hydroxyl groups excluding tert-OH is 1. The first-order valence-electron chi connectivity index (χ1n) is 8.17. The predicted octanol–water partition coefficient (Wildman–Crippen LogP) is 4.95. The molecule has 3 aromatic rings. The number of anilines is 1. The summed E-state index contributed by atoms with van der Waals surface area (Å²) in [6.07, 6.45) is 0. The van der Waals surface area contributed by atoms with E-state index in [9.17, 15) is 0 Å². The highest BCUT2D eigenvalue weighted by Crippen LogP contribution is 2.22. The second kappa shape index (κ2) is 9.16. The Balaban J connectivity index is 0.000000701. The molecule has 0 radical (unpaired) electrons. The summed E-state index contributed by atoms with van der Waals surface area (Å²) in [4.78, 5) is 1.87. The molecule has 0 unspecified atom stereocenters. The van der Waals surface area contributed by atoms with E-state index in [2.05, 4.69) is 31.2 Å². The van der Waals surface area contributed by atoms with E-state index in [-0.39, 0.29) is 6.61 Å². The molecule has 0 amide bonds. The largest absolute Gasteiger partial charge is 0.432 e. The van der Waals surface area contributed by atoms with Gasteiger partial charge in [0.2, 0.25) is 0 Å². The van der Waals surface area contributed by atoms with Crippen LogP contribution in [0.15, 0.2) is 66.7 Å². The summed E-state index contributed by atoms with van der Waals surface area (Å²) in [6, 6.07) is 22.3. The zero-order valence-corrected chi connectivity index (χ0v) is 15.6. The Morgan fingerprint density at radius 1 is 1.00 bits per heavy atom. The van der Waals surface area contributed by atoms with Crippen LogP contribution in [0.2, 0.25) is 0 Å². The van der Waals surface area contributed by atoms with Gasteiger partial charge in [0.15, 0.2) is 0 Å². The zero-order valence-electron chi connectivity index (χ0n) is 14.8. The maximum atomic E-state index is 7.57. The predicted molar refractivity (Wildman–Crippen MR) is 110 cm³/mol. The number of nitrogens with zero attached hydrogens (tertiary/aromatic N) is 1. The van der Waals surface area contributed by atoms with Crippen LogP contribution < -0.4 is 9.64 Å². The normalized spacial score (nSPS) is 9.92. The molecule has 3 aromatic carbocycles. The number of rotatable bonds is 2. The molecular weight excluding hydrogens is 330 g/mol. The van der Waals surface area contributed by atoms with E-state index in [1.807, 2.05) is 54.4 Å². The Hall–Kier alpha value is -2.43. The minimum Gasteiger partial charge on any atom is -0.432 e. The van der Waals surface area contributed by atoms with E-state index in [0.29, 0.717) is 5.17 Å². The molecule has 0 saturated carbocycles. The third kappa shape index (κ3) is 5.28. The van der Waals surface area contributed by atoms with Gasteiger partial charge in [0, 0.05) is 19.3 Å². The van der Waals surface area contributed by atoms with Crippen molar-refractivity contribution < 1.29 is 9.84 Å². The molecule has 1 N–H and O–H groups in total. The second-order valence-electron chi connectivity index (χ2n) is 5.59. The minimum atomic E-state index is 0.250. The number of hydrogen-bond donors (Lipinski definition) is 1. The van der Waals surface area contributed by atoms with Gasteiger partial charge in [-0.2, -0.15) is 0 Å². The van der Waals surface area contributed by atoms with Crippen molar-refractivity contribution in [1.82, 2.24) is 0 Å². The van der Waals surface area contributed by atoms with Gasteiger partial charge in [-0.1, -0.05) is 42.5 Å². The van der Waals surface area contributed by atoms with E-state index in [1.165, 1.54) is 10.9 Å². The number of hydrogen-bond acceptors (Lipinski definition) is 3. The average molecular weight is 353 g/mol. The van der Waals surface area contributed by atoms with Crippen molar-refractivity contribution in [2.45, 2.75) is 13.8 Å². The quantitative estimate of drug-likeness (QED) is 0.661. The van der Waals surface area contributed by atoms with Crippen LogP contribution in [0.4, 0.5) is 5.69 Å². The fraction of sp³-hybridized carbons (Fsp3) is 0.190. The summed E-state index contributed by atoms with van der Waals surface area (Å²) >= 11 is 5.41. The van der Waals surface area contributed by atoms with E-state index in [0.717, 1.165) is 16.8 Å². The van der Waals surface area contributed by atoms with Gasteiger partial charge >= 0.3 is 0 Å². The van der Waals surface area contributed by atoms with Crippen LogP contribution in [0.1, 0.15) is 12.5 Å². The van der Waals surface area contributed by atoms with E-state index >= 15 is 0 Å². The minimum absolute atomic E-state index is 0.250. The van der Waals surface area contributed by atoms with Gasteiger partial charge in [-0.3, -0.25) is 0 Å². The molecule has 0 fully saturated rings. The Morgan fingerprint density at radius 3 is 2.36 bits per heavy atom. The van der Waals surface area contributed by atoms with E-state index in [4.69, 9.17) is 22.1 Å². The Bertz CT molecular complexity index is 848. The fourth-order valence-electron chi connectivity index (χ4n) is 2.34. The van der Waals surface area contributed by atoms with Crippen molar-refractivity contribution in [2.75, 3.05) is 18.6 Å². The van der Waals surface area contributed by atoms with Crippen molar-refractivity contribution in [3.63, 3.8) is 0 Å². The van der Waals surface area contributed by atoms with Crippen LogP contribution in [0.3, 0.4) is 0 Å². The van der Waals surface area contributed by atoms with Crippen LogP contribution >= 0.6 is 12.2 Å². The molecule has 0 aromatic heterocycles. The Kier molecular flexibility index (Phi) is 6.92. The maximum absolute atomic E-state index is 7.57. The molecule has 130 valence electrons. The molecular formula is C21H23NO2S. The summed E-state index contributed by atoms with van der Waals surface area (Å²) < 4.78 is 5.84. The van der Waals surface area contributed by atoms with Crippen molar-refractivity contribution in [3.05, 3.63) is 72.3 Å². The lowest BCUT2D eigenvalue weighted by Crippen LogP contribution is -2.29. The number of aryl methyl sites for hydroxylation is 1. The first-order valence-corrected chi connectivity index (χ1v) is 8.58. The van der Waals surface area contributed by atoms with Gasteiger partial charge in [-0.15, -0.1) is 0 Å². The zero-order chi connectivity index (χ0) is 18.2. The lowest BCUT2D eigenvalue weighted by Gasteiger charge is -2.20. The van der Waals surface area contributed by atoms with Crippen LogP contribution in [-0.4, -0.2) is 23.9 Å². The molecule has 0 heterocycles. The van der Waals surface area contributed by atoms with Gasteiger partial charge in [-0.25, -0.2) is 0 Å². The number of fused-ring (bicyclic) bond motifs is 1. The third-order valence-corrected chi connectivity index (χ3v) is 3.95. The fourth-order valence-corrected chi connectivity index (χ4v) is 2.54. The van der Waals surface area contributed by atoms with Crippen LogP contribution in [0, 0.1) is 6.92 Å². The monoisotopic (exact) mass is 353 g/mol. The second-order valence-corrected chi connectivity index (χ2v) is 5.94. The summed E-state index contributed by atoms with van der Waals surface area (Å²) in [5, 5.41) is 10.3. The Labute approximate surface area is 154 Å². The highest BCUT2D eigenvalue weighted by Gasteiger charge is 2.09. The number of thiocarbonyl (C=S) groups is 1. The van der Waals surface area contributed by atoms with Crippen molar-refractivity contribution in [1.29, 1.82) is 0 Å². The average Bonchev–Trinajstić information content (AvgIpc) is 2.61. The first kappa shape index (κ1) is 18.9. The summed E-state index contributed by atoms with van der Waals surface area (Å²) in [6.45, 7) is 3.99. The smallest absolute Gasteiger partial charge is 0.269 e. The van der Waals surface area contributed by atoms with Gasteiger partial charge in [0.25, 0.3) is 5.17 Å². The lowest BCUT2D eigenvalue weighted by molar-refractivity contribution is 0.318. The number of benzene rings is 3. The SMILES string of the molecule is CCO.Cc1cccc(N(C)C(=S)Oc2ccc3ccccc3c2)c1. The number of ether oxygens (including phenoxy) is 1. The van der Waals surface area contributed by atoms with Crippen LogP contribution in [0.25, 0.3) is 10.8 Å². The lowest BCUT2D eigenvalue weighted by atomic mass is 10.1. The van der Waals surface area contributed by atoms with Gasteiger partial charge in [0.1, 0.15) is 5.75 Å². The van der Waals surface area contributed by atoms with E-state index < -0.39 is 0 Å². The van der Waals surface area contributed by atoms with Crippen molar-refractivity contribution in [3.8, 4) is 5.75 Å². The number of aliphatic hydroxyl groups is 1. The third-order valence-electron chi connectivity index (χ3n) is 3.59. The van der Waals surface area contributed by atoms with Crippen molar-refractivity contribution in [2.24, 2.45) is 0 Å². The molecule has 25 heavy (non-hydrogen) atoms. The van der Waals surface area contributed by atoms with Gasteiger partial charge < -0.3 is 14.7 Å². The molecule has 3 rings (SSSR count). The van der Waals surface area contributed by atoms with Crippen LogP contribution in [0.5, 0.6) is 5.75 Å². The molecule has 0 saturated heterocycles. The molecule has 4 heteroatoms. The first-order chi connectivity index (χ1) is 12.0. The standard InChI is InChI=1S/C19H17NOS.C2H6O/c1-14-6-5-9-17(12-14)20(2)19(22)21-18-11-10-15-7-3-4-8-16(15)13-18;1-2-3/h3-13H,1-2H3;3H,2H2,1H3. The molecule has 3 nitrogen and oxygen atoms in total. The van der Waals surface area contributed by atoms with Crippen molar-refractivity contribution >= 4 is 33.9 Å². The van der Waals surface area contributed by atoms with E-state index in [1.54, 1.807) is 6.92 Å². The molecule has 0 bridgehead atoms.